The molecule has 1 rings (SSSR count). The van der Waals surface area contributed by atoms with Gasteiger partial charge in [-0.15, -0.1) is 0 Å². The maximum atomic E-state index is 11.7. The Bertz CT molecular complexity index is 633. The summed E-state index contributed by atoms with van der Waals surface area (Å²) in [5.74, 6) is 0.362. The number of benzene rings is 1. The van der Waals surface area contributed by atoms with Gasteiger partial charge in [0.2, 0.25) is 0 Å². The van der Waals surface area contributed by atoms with E-state index in [4.69, 9.17) is 18.9 Å². The number of unbranched alkanes of at least 4 members (excludes halogenated alkanes) is 1. The Labute approximate surface area is 148 Å². The van der Waals surface area contributed by atoms with Crippen LogP contribution in [0.5, 0.6) is 11.5 Å². The molecule has 1 aromatic rings. The van der Waals surface area contributed by atoms with Crippen molar-refractivity contribution in [3.8, 4) is 11.5 Å². The maximum absolute atomic E-state index is 11.7. The summed E-state index contributed by atoms with van der Waals surface area (Å²) in [5, 5.41) is 0. The molecule has 0 saturated carbocycles. The fourth-order valence-corrected chi connectivity index (χ4v) is 1.83. The van der Waals surface area contributed by atoms with Crippen molar-refractivity contribution in [1.29, 1.82) is 0 Å². The number of esters is 2. The molecular formula is C19H24O6. The second-order valence-electron chi connectivity index (χ2n) is 5.24. The molecule has 136 valence electrons. The van der Waals surface area contributed by atoms with Crippen LogP contribution >= 0.6 is 0 Å². The first kappa shape index (κ1) is 20.3. The number of rotatable bonds is 10. The van der Waals surface area contributed by atoms with Crippen LogP contribution in [0.15, 0.2) is 36.4 Å². The first-order chi connectivity index (χ1) is 12.0. The van der Waals surface area contributed by atoms with E-state index in [1.807, 2.05) is 0 Å². The summed E-state index contributed by atoms with van der Waals surface area (Å²) in [7, 11) is 3.11. The molecule has 0 aliphatic rings. The van der Waals surface area contributed by atoms with Crippen molar-refractivity contribution in [3.05, 3.63) is 42.0 Å². The minimum atomic E-state index is -0.436. The van der Waals surface area contributed by atoms with Crippen LogP contribution in [0.4, 0.5) is 0 Å². The Kier molecular flexibility index (Phi) is 8.85. The average molecular weight is 348 g/mol. The van der Waals surface area contributed by atoms with Crippen molar-refractivity contribution in [3.63, 3.8) is 0 Å². The average Bonchev–Trinajstić information content (AvgIpc) is 2.62. The van der Waals surface area contributed by atoms with Crippen molar-refractivity contribution < 1.29 is 28.5 Å². The number of hydrogen-bond acceptors (Lipinski definition) is 6. The summed E-state index contributed by atoms with van der Waals surface area (Å²) in [6, 6.07) is 5.33. The van der Waals surface area contributed by atoms with Crippen molar-refractivity contribution in [2.24, 2.45) is 0 Å². The van der Waals surface area contributed by atoms with Gasteiger partial charge in [0, 0.05) is 11.6 Å². The van der Waals surface area contributed by atoms with Gasteiger partial charge >= 0.3 is 11.9 Å². The Morgan fingerprint density at radius 2 is 1.68 bits per heavy atom. The zero-order chi connectivity index (χ0) is 18.7. The van der Waals surface area contributed by atoms with Crippen LogP contribution in [0.3, 0.4) is 0 Å². The minimum absolute atomic E-state index is 0.264. The molecular weight excluding hydrogens is 324 g/mol. The van der Waals surface area contributed by atoms with E-state index >= 15 is 0 Å². The molecule has 0 aromatic heterocycles. The molecule has 6 heteroatoms. The molecule has 0 saturated heterocycles. The van der Waals surface area contributed by atoms with E-state index in [1.165, 1.54) is 6.08 Å². The SMILES string of the molecule is C=C(C)C(=O)OCCCCOC(=O)C=Cc1ccc(OC)c(OC)c1. The van der Waals surface area contributed by atoms with Gasteiger partial charge in [-0.3, -0.25) is 0 Å². The van der Waals surface area contributed by atoms with Crippen molar-refractivity contribution in [2.75, 3.05) is 27.4 Å². The van der Waals surface area contributed by atoms with E-state index in [0.29, 0.717) is 29.9 Å². The monoisotopic (exact) mass is 348 g/mol. The van der Waals surface area contributed by atoms with E-state index in [9.17, 15) is 9.59 Å². The molecule has 0 aliphatic carbocycles. The van der Waals surface area contributed by atoms with Gasteiger partial charge in [0.15, 0.2) is 11.5 Å². The molecule has 0 unspecified atom stereocenters. The summed E-state index contributed by atoms with van der Waals surface area (Å²) in [5.41, 5.74) is 1.16. The summed E-state index contributed by atoms with van der Waals surface area (Å²) in [4.78, 5) is 22.8. The molecule has 0 fully saturated rings. The molecule has 0 amide bonds. The third-order valence-electron chi connectivity index (χ3n) is 3.18. The van der Waals surface area contributed by atoms with Gasteiger partial charge < -0.3 is 18.9 Å². The Hall–Kier alpha value is -2.76. The van der Waals surface area contributed by atoms with Gasteiger partial charge in [-0.2, -0.15) is 0 Å². The second kappa shape index (κ2) is 10.9. The molecule has 0 radical (unpaired) electrons. The number of methoxy groups -OCH3 is 2. The van der Waals surface area contributed by atoms with E-state index in [1.54, 1.807) is 45.4 Å². The summed E-state index contributed by atoms with van der Waals surface area (Å²) in [6.07, 6.45) is 4.21. The highest BCUT2D eigenvalue weighted by molar-refractivity contribution is 5.87. The molecule has 0 spiro atoms. The molecule has 0 heterocycles. The lowest BCUT2D eigenvalue weighted by Crippen LogP contribution is -2.08. The lowest BCUT2D eigenvalue weighted by atomic mass is 10.2. The third-order valence-corrected chi connectivity index (χ3v) is 3.18. The van der Waals surface area contributed by atoms with E-state index in [0.717, 1.165) is 5.56 Å². The minimum Gasteiger partial charge on any atom is -0.493 e. The van der Waals surface area contributed by atoms with Crippen LogP contribution in [0.25, 0.3) is 6.08 Å². The highest BCUT2D eigenvalue weighted by Gasteiger charge is 2.04. The van der Waals surface area contributed by atoms with Gasteiger partial charge in [-0.25, -0.2) is 9.59 Å². The molecule has 1 aromatic carbocycles. The Balaban J connectivity index is 2.31. The van der Waals surface area contributed by atoms with Gasteiger partial charge in [-0.05, 0) is 43.5 Å². The molecule has 25 heavy (non-hydrogen) atoms. The molecule has 6 nitrogen and oxygen atoms in total. The number of carbonyl (C=O) groups is 2. The highest BCUT2D eigenvalue weighted by Crippen LogP contribution is 2.27. The third kappa shape index (κ3) is 7.56. The molecule has 0 atom stereocenters. The van der Waals surface area contributed by atoms with E-state index in [2.05, 4.69) is 6.58 Å². The fourth-order valence-electron chi connectivity index (χ4n) is 1.83. The van der Waals surface area contributed by atoms with Crippen molar-refractivity contribution in [2.45, 2.75) is 19.8 Å². The Morgan fingerprint density at radius 1 is 1.04 bits per heavy atom. The Morgan fingerprint density at radius 3 is 2.28 bits per heavy atom. The topological polar surface area (TPSA) is 71.1 Å². The van der Waals surface area contributed by atoms with Crippen LogP contribution in [-0.4, -0.2) is 39.4 Å². The van der Waals surface area contributed by atoms with E-state index < -0.39 is 11.9 Å². The second-order valence-corrected chi connectivity index (χ2v) is 5.24. The lowest BCUT2D eigenvalue weighted by molar-refractivity contribution is -0.140. The number of hydrogen-bond donors (Lipinski definition) is 0. The van der Waals surface area contributed by atoms with Crippen LogP contribution in [0.1, 0.15) is 25.3 Å². The van der Waals surface area contributed by atoms with Crippen LogP contribution in [0.2, 0.25) is 0 Å². The normalized spacial score (nSPS) is 10.4. The fraction of sp³-hybridized carbons (Fsp3) is 0.368. The molecule has 0 bridgehead atoms. The largest absolute Gasteiger partial charge is 0.493 e. The predicted octanol–water partition coefficient (Wildman–Crippen LogP) is 3.16. The first-order valence-electron chi connectivity index (χ1n) is 7.87. The van der Waals surface area contributed by atoms with Crippen molar-refractivity contribution >= 4 is 18.0 Å². The highest BCUT2D eigenvalue weighted by atomic mass is 16.5. The summed E-state index contributed by atoms with van der Waals surface area (Å²) >= 11 is 0. The molecule has 0 N–H and O–H groups in total. The van der Waals surface area contributed by atoms with Gasteiger partial charge in [0.05, 0.1) is 27.4 Å². The van der Waals surface area contributed by atoms with E-state index in [-0.39, 0.29) is 13.2 Å². The summed E-state index contributed by atoms with van der Waals surface area (Å²) < 4.78 is 20.4. The van der Waals surface area contributed by atoms with Gasteiger partial charge in [0.25, 0.3) is 0 Å². The predicted molar refractivity (Wildman–Crippen MR) is 94.5 cm³/mol. The number of carbonyl (C=O) groups excluding carboxylic acids is 2. The first-order valence-corrected chi connectivity index (χ1v) is 7.87. The maximum Gasteiger partial charge on any atom is 0.333 e. The van der Waals surface area contributed by atoms with Gasteiger partial charge in [0.1, 0.15) is 0 Å². The zero-order valence-electron chi connectivity index (χ0n) is 14.9. The van der Waals surface area contributed by atoms with Gasteiger partial charge in [-0.1, -0.05) is 12.6 Å². The quantitative estimate of drug-likeness (QED) is 0.367. The smallest absolute Gasteiger partial charge is 0.333 e. The van der Waals surface area contributed by atoms with Crippen LogP contribution < -0.4 is 9.47 Å². The van der Waals surface area contributed by atoms with Crippen molar-refractivity contribution in [1.82, 2.24) is 0 Å². The molecule has 0 aliphatic heterocycles. The summed E-state index contributed by atoms with van der Waals surface area (Å²) in [6.45, 7) is 5.63. The zero-order valence-corrected chi connectivity index (χ0v) is 14.9. The standard InChI is InChI=1S/C19H24O6/c1-14(2)19(21)25-12-6-5-11-24-18(20)10-8-15-7-9-16(22-3)17(13-15)23-4/h7-10,13H,1,5-6,11-12H2,2-4H3. The number of ether oxygens (including phenoxy) is 4. The van der Waals surface area contributed by atoms with Crippen LogP contribution in [0, 0.1) is 0 Å². The van der Waals surface area contributed by atoms with Crippen LogP contribution in [-0.2, 0) is 19.1 Å². The lowest BCUT2D eigenvalue weighted by Gasteiger charge is -2.07.